The summed E-state index contributed by atoms with van der Waals surface area (Å²) in [7, 11) is 1.60. The molecule has 1 aliphatic rings. The Hall–Kier alpha value is -1.17. The quantitative estimate of drug-likeness (QED) is 0.792. The van der Waals surface area contributed by atoms with Gasteiger partial charge in [-0.05, 0) is 19.1 Å². The molecule has 1 aromatic rings. The molecule has 0 unspecified atom stereocenters. The van der Waals surface area contributed by atoms with Crippen molar-refractivity contribution in [2.75, 3.05) is 20.2 Å². The number of aliphatic hydroxyl groups excluding tert-OH is 1. The minimum atomic E-state index is -0.466. The van der Waals surface area contributed by atoms with Gasteiger partial charge in [-0.2, -0.15) is 0 Å². The van der Waals surface area contributed by atoms with Crippen LogP contribution in [0.1, 0.15) is 11.4 Å². The van der Waals surface area contributed by atoms with E-state index in [0.717, 1.165) is 5.69 Å². The average Bonchev–Trinajstić information content (AvgIpc) is 2.64. The Kier molecular flexibility index (Phi) is 3.61. The summed E-state index contributed by atoms with van der Waals surface area (Å²) >= 11 is 0. The van der Waals surface area contributed by atoms with Gasteiger partial charge in [-0.3, -0.25) is 9.88 Å². The van der Waals surface area contributed by atoms with E-state index in [9.17, 15) is 10.2 Å². The van der Waals surface area contributed by atoms with Gasteiger partial charge in [0.1, 0.15) is 5.75 Å². The standard InChI is InChI=1S/C12H18N2O3/c1-8-3-4-10(15)9(13-8)5-14-6-11(16)12(7-14)17-2/h3-4,11-12,15-16H,5-7H2,1-2H3/t11-,12-/m0/s1. The molecule has 2 N–H and O–H groups in total. The summed E-state index contributed by atoms with van der Waals surface area (Å²) < 4.78 is 5.17. The van der Waals surface area contributed by atoms with E-state index in [1.807, 2.05) is 11.8 Å². The number of nitrogens with zero attached hydrogens (tertiary/aromatic N) is 2. The van der Waals surface area contributed by atoms with E-state index in [0.29, 0.717) is 25.3 Å². The zero-order chi connectivity index (χ0) is 12.4. The van der Waals surface area contributed by atoms with Gasteiger partial charge >= 0.3 is 0 Å². The maximum Gasteiger partial charge on any atom is 0.138 e. The number of hydrogen-bond donors (Lipinski definition) is 2. The lowest BCUT2D eigenvalue weighted by Gasteiger charge is -2.15. The molecule has 1 saturated heterocycles. The third-order valence-corrected chi connectivity index (χ3v) is 3.08. The van der Waals surface area contributed by atoms with Crippen LogP contribution < -0.4 is 0 Å². The van der Waals surface area contributed by atoms with Crippen LogP contribution in [0.15, 0.2) is 12.1 Å². The first-order valence-electron chi connectivity index (χ1n) is 5.69. The number of rotatable bonds is 3. The van der Waals surface area contributed by atoms with Crippen LogP contribution in [-0.2, 0) is 11.3 Å². The number of aliphatic hydroxyl groups is 1. The molecule has 2 atom stereocenters. The van der Waals surface area contributed by atoms with Crippen molar-refractivity contribution in [3.63, 3.8) is 0 Å². The van der Waals surface area contributed by atoms with Gasteiger partial charge in [-0.15, -0.1) is 0 Å². The molecule has 5 nitrogen and oxygen atoms in total. The molecular weight excluding hydrogens is 220 g/mol. The van der Waals surface area contributed by atoms with E-state index in [1.54, 1.807) is 19.2 Å². The Balaban J connectivity index is 2.04. The normalized spacial score (nSPS) is 25.4. The Labute approximate surface area is 101 Å². The molecule has 0 amide bonds. The number of aromatic nitrogens is 1. The lowest BCUT2D eigenvalue weighted by molar-refractivity contribution is 0.0214. The average molecular weight is 238 g/mol. The Morgan fingerprint density at radius 3 is 2.88 bits per heavy atom. The van der Waals surface area contributed by atoms with Crippen LogP contribution in [0.2, 0.25) is 0 Å². The van der Waals surface area contributed by atoms with Crippen molar-refractivity contribution in [3.05, 3.63) is 23.5 Å². The number of likely N-dealkylation sites (tertiary alicyclic amines) is 1. The first-order valence-corrected chi connectivity index (χ1v) is 5.69. The summed E-state index contributed by atoms with van der Waals surface area (Å²) in [6.07, 6.45) is -0.617. The minimum absolute atomic E-state index is 0.151. The zero-order valence-corrected chi connectivity index (χ0v) is 10.1. The lowest BCUT2D eigenvalue weighted by Crippen LogP contribution is -2.25. The monoisotopic (exact) mass is 238 g/mol. The number of β-amino-alcohol motifs (C(OH)–C–C–N with tert-alkyl or cyclic N) is 1. The van der Waals surface area contributed by atoms with Crippen molar-refractivity contribution in [3.8, 4) is 5.75 Å². The number of ether oxygens (including phenoxy) is 1. The second-order valence-corrected chi connectivity index (χ2v) is 4.45. The molecule has 0 aliphatic carbocycles. The molecule has 94 valence electrons. The molecule has 0 saturated carbocycles. The fourth-order valence-electron chi connectivity index (χ4n) is 2.12. The predicted molar refractivity (Wildman–Crippen MR) is 62.7 cm³/mol. The van der Waals surface area contributed by atoms with Crippen LogP contribution in [0.4, 0.5) is 0 Å². The van der Waals surface area contributed by atoms with Gasteiger partial charge < -0.3 is 14.9 Å². The van der Waals surface area contributed by atoms with Gasteiger partial charge in [0.05, 0.1) is 17.9 Å². The van der Waals surface area contributed by atoms with Crippen LogP contribution >= 0.6 is 0 Å². The van der Waals surface area contributed by atoms with E-state index in [2.05, 4.69) is 4.98 Å². The van der Waals surface area contributed by atoms with E-state index < -0.39 is 6.10 Å². The van der Waals surface area contributed by atoms with Crippen molar-refractivity contribution in [2.45, 2.75) is 25.7 Å². The fourth-order valence-corrected chi connectivity index (χ4v) is 2.12. The van der Waals surface area contributed by atoms with E-state index in [-0.39, 0.29) is 11.9 Å². The SMILES string of the molecule is CO[C@H]1CN(Cc2nc(C)ccc2O)C[C@@H]1O. The molecule has 1 aliphatic heterocycles. The summed E-state index contributed by atoms with van der Waals surface area (Å²) in [5.41, 5.74) is 1.52. The van der Waals surface area contributed by atoms with Gasteiger partial charge in [-0.25, -0.2) is 0 Å². The fraction of sp³-hybridized carbons (Fsp3) is 0.583. The second-order valence-electron chi connectivity index (χ2n) is 4.45. The summed E-state index contributed by atoms with van der Waals surface area (Å²) in [4.78, 5) is 6.33. The van der Waals surface area contributed by atoms with Crippen molar-refractivity contribution in [1.82, 2.24) is 9.88 Å². The molecule has 5 heteroatoms. The number of aromatic hydroxyl groups is 1. The van der Waals surface area contributed by atoms with Gasteiger partial charge in [0.2, 0.25) is 0 Å². The summed E-state index contributed by atoms with van der Waals surface area (Å²) in [6.45, 7) is 3.63. The third kappa shape index (κ3) is 2.74. The molecule has 1 fully saturated rings. The van der Waals surface area contributed by atoms with Gasteiger partial charge in [0.15, 0.2) is 0 Å². The van der Waals surface area contributed by atoms with Crippen LogP contribution in [0.5, 0.6) is 5.75 Å². The highest BCUT2D eigenvalue weighted by Crippen LogP contribution is 2.20. The molecule has 2 rings (SSSR count). The number of methoxy groups -OCH3 is 1. The summed E-state index contributed by atoms with van der Waals surface area (Å²) in [5.74, 6) is 0.200. The smallest absolute Gasteiger partial charge is 0.138 e. The maximum atomic E-state index is 9.71. The topological polar surface area (TPSA) is 65.8 Å². The molecule has 0 aromatic carbocycles. The molecule has 0 radical (unpaired) electrons. The second kappa shape index (κ2) is 5.00. The number of pyridine rings is 1. The largest absolute Gasteiger partial charge is 0.506 e. The number of hydrogen-bond acceptors (Lipinski definition) is 5. The summed E-state index contributed by atoms with van der Waals surface area (Å²) in [6, 6.07) is 3.42. The zero-order valence-electron chi connectivity index (χ0n) is 10.1. The van der Waals surface area contributed by atoms with Gasteiger partial charge in [0, 0.05) is 32.4 Å². The van der Waals surface area contributed by atoms with Crippen LogP contribution in [-0.4, -0.2) is 52.5 Å². The van der Waals surface area contributed by atoms with Gasteiger partial charge in [-0.1, -0.05) is 0 Å². The molecule has 0 spiro atoms. The maximum absolute atomic E-state index is 9.71. The van der Waals surface area contributed by atoms with E-state index in [1.165, 1.54) is 0 Å². The third-order valence-electron chi connectivity index (χ3n) is 3.08. The minimum Gasteiger partial charge on any atom is -0.506 e. The Morgan fingerprint density at radius 1 is 1.47 bits per heavy atom. The van der Waals surface area contributed by atoms with Crippen LogP contribution in [0, 0.1) is 6.92 Å². The predicted octanol–water partition coefficient (Wildman–Crippen LogP) is 0.287. The first kappa shape index (κ1) is 12.3. The van der Waals surface area contributed by atoms with Crippen molar-refractivity contribution in [1.29, 1.82) is 0 Å². The Morgan fingerprint density at radius 2 is 2.24 bits per heavy atom. The highest BCUT2D eigenvalue weighted by molar-refractivity contribution is 5.27. The van der Waals surface area contributed by atoms with E-state index in [4.69, 9.17) is 4.74 Å². The first-order chi connectivity index (χ1) is 8.10. The van der Waals surface area contributed by atoms with Crippen LogP contribution in [0.25, 0.3) is 0 Å². The Bertz CT molecular complexity index is 397. The molecular formula is C12H18N2O3. The molecule has 0 bridgehead atoms. The molecule has 2 heterocycles. The van der Waals surface area contributed by atoms with Gasteiger partial charge in [0.25, 0.3) is 0 Å². The molecule has 1 aromatic heterocycles. The highest BCUT2D eigenvalue weighted by atomic mass is 16.5. The van der Waals surface area contributed by atoms with Crippen molar-refractivity contribution >= 4 is 0 Å². The van der Waals surface area contributed by atoms with Crippen LogP contribution in [0.3, 0.4) is 0 Å². The van der Waals surface area contributed by atoms with Crippen molar-refractivity contribution < 1.29 is 14.9 Å². The molecule has 17 heavy (non-hydrogen) atoms. The number of aryl methyl sites for hydroxylation is 1. The summed E-state index contributed by atoms with van der Waals surface area (Å²) in [5, 5.41) is 19.4. The highest BCUT2D eigenvalue weighted by Gasteiger charge is 2.31. The van der Waals surface area contributed by atoms with E-state index >= 15 is 0 Å². The lowest BCUT2D eigenvalue weighted by atomic mass is 10.2. The van der Waals surface area contributed by atoms with Crippen molar-refractivity contribution in [2.24, 2.45) is 0 Å².